The fraction of sp³-hybridized carbons (Fsp3) is 0.154. The number of guanidine groups is 1. The number of hydrogen-bond acceptors (Lipinski definition) is 4. The highest BCUT2D eigenvalue weighted by molar-refractivity contribution is 7.89. The highest BCUT2D eigenvalue weighted by Gasteiger charge is 2.21. The molecule has 1 heterocycles. The van der Waals surface area contributed by atoms with Crippen molar-refractivity contribution in [3.8, 4) is 5.69 Å². The van der Waals surface area contributed by atoms with Gasteiger partial charge in [-0.05, 0) is 31.5 Å². The molecule has 2 aromatic rings. The topological polar surface area (TPSA) is 159 Å². The maximum atomic E-state index is 12.0. The Morgan fingerprint density at radius 2 is 1.91 bits per heavy atom. The third-order valence-corrected chi connectivity index (χ3v) is 4.00. The number of rotatable bonds is 3. The number of primary sulfonamides is 1. The van der Waals surface area contributed by atoms with Crippen molar-refractivity contribution >= 4 is 21.9 Å². The van der Waals surface area contributed by atoms with Gasteiger partial charge in [0.25, 0.3) is 5.91 Å². The summed E-state index contributed by atoms with van der Waals surface area (Å²) in [6.45, 7) is 3.40. The second-order valence-corrected chi connectivity index (χ2v) is 6.47. The van der Waals surface area contributed by atoms with Crippen LogP contribution in [0.15, 0.2) is 34.5 Å². The quantitative estimate of drug-likeness (QED) is 0.508. The minimum atomic E-state index is -4.09. The molecule has 0 aliphatic rings. The lowest BCUT2D eigenvalue weighted by Crippen LogP contribution is -2.24. The minimum Gasteiger partial charge on any atom is -0.370 e. The fourth-order valence-corrected chi connectivity index (χ4v) is 2.80. The van der Waals surface area contributed by atoms with E-state index in [9.17, 15) is 13.2 Å². The first kappa shape index (κ1) is 16.6. The number of nitrogens with zero attached hydrogens (tertiary/aromatic N) is 3. The van der Waals surface area contributed by atoms with E-state index >= 15 is 0 Å². The fourth-order valence-electron chi connectivity index (χ4n) is 2.06. The van der Waals surface area contributed by atoms with E-state index in [1.165, 1.54) is 17.0 Å². The number of sulfonamides is 1. The molecule has 122 valence electrons. The van der Waals surface area contributed by atoms with E-state index in [1.807, 2.05) is 0 Å². The zero-order valence-electron chi connectivity index (χ0n) is 12.5. The first-order valence-electron chi connectivity index (χ1n) is 6.42. The molecule has 23 heavy (non-hydrogen) atoms. The number of aromatic nitrogens is 2. The standard InChI is InChI=1S/C13H16N6O3S/c1-7-3-10(19-5-8(2)17-6-19)11(23(16,21)22)4-9(7)12(20)18-13(14)15/h3-6H,1-2H3,(H2,16,21,22)(H4,14,15,18,20). The second-order valence-electron chi connectivity index (χ2n) is 4.94. The van der Waals surface area contributed by atoms with Crippen molar-refractivity contribution < 1.29 is 13.2 Å². The van der Waals surface area contributed by atoms with Gasteiger partial charge in [-0.1, -0.05) is 0 Å². The van der Waals surface area contributed by atoms with Crippen molar-refractivity contribution in [3.05, 3.63) is 41.5 Å². The summed E-state index contributed by atoms with van der Waals surface area (Å²) in [5.74, 6) is -1.17. The Morgan fingerprint density at radius 3 is 2.39 bits per heavy atom. The van der Waals surface area contributed by atoms with Crippen molar-refractivity contribution in [3.63, 3.8) is 0 Å². The summed E-state index contributed by atoms with van der Waals surface area (Å²) < 4.78 is 25.3. The van der Waals surface area contributed by atoms with E-state index in [0.29, 0.717) is 11.3 Å². The SMILES string of the molecule is Cc1cn(-c2cc(C)c(C(=O)N=C(N)N)cc2S(N)(=O)=O)cn1. The average molecular weight is 336 g/mol. The molecular formula is C13H16N6O3S. The zero-order chi connectivity index (χ0) is 17.4. The molecule has 0 aliphatic carbocycles. The lowest BCUT2D eigenvalue weighted by atomic mass is 10.1. The van der Waals surface area contributed by atoms with Crippen LogP contribution < -0.4 is 16.6 Å². The zero-order valence-corrected chi connectivity index (χ0v) is 13.3. The Balaban J connectivity index is 2.74. The van der Waals surface area contributed by atoms with Crippen molar-refractivity contribution in [2.45, 2.75) is 18.7 Å². The summed E-state index contributed by atoms with van der Waals surface area (Å²) in [5, 5.41) is 5.26. The largest absolute Gasteiger partial charge is 0.370 e. The number of aliphatic imine (C=N–C) groups is 1. The molecule has 0 fully saturated rings. The van der Waals surface area contributed by atoms with Crippen LogP contribution >= 0.6 is 0 Å². The van der Waals surface area contributed by atoms with Gasteiger partial charge < -0.3 is 16.0 Å². The number of imidazole rings is 1. The minimum absolute atomic E-state index is 0.0445. The van der Waals surface area contributed by atoms with E-state index in [1.54, 1.807) is 20.0 Å². The highest BCUT2D eigenvalue weighted by atomic mass is 32.2. The first-order valence-corrected chi connectivity index (χ1v) is 7.96. The maximum Gasteiger partial charge on any atom is 0.280 e. The maximum absolute atomic E-state index is 12.0. The van der Waals surface area contributed by atoms with E-state index in [0.717, 1.165) is 6.07 Å². The molecule has 9 nitrogen and oxygen atoms in total. The molecule has 0 saturated heterocycles. The normalized spacial score (nSPS) is 11.3. The van der Waals surface area contributed by atoms with E-state index in [-0.39, 0.29) is 16.1 Å². The van der Waals surface area contributed by atoms with E-state index in [2.05, 4.69) is 9.98 Å². The number of aryl methyl sites for hydroxylation is 2. The molecule has 0 spiro atoms. The summed E-state index contributed by atoms with van der Waals surface area (Å²) in [7, 11) is -4.09. The molecule has 1 amide bonds. The van der Waals surface area contributed by atoms with E-state index in [4.69, 9.17) is 16.6 Å². The van der Waals surface area contributed by atoms with Gasteiger partial charge in [0, 0.05) is 11.8 Å². The number of nitrogens with two attached hydrogens (primary N) is 3. The van der Waals surface area contributed by atoms with Crippen LogP contribution in [0.1, 0.15) is 21.6 Å². The molecule has 2 rings (SSSR count). The van der Waals surface area contributed by atoms with Gasteiger partial charge in [-0.3, -0.25) is 4.79 Å². The van der Waals surface area contributed by atoms with Crippen molar-refractivity contribution in [2.75, 3.05) is 0 Å². The average Bonchev–Trinajstić information content (AvgIpc) is 2.82. The molecule has 0 saturated carbocycles. The van der Waals surface area contributed by atoms with Gasteiger partial charge in [-0.2, -0.15) is 4.99 Å². The van der Waals surface area contributed by atoms with Crippen molar-refractivity contribution in [1.82, 2.24) is 9.55 Å². The summed E-state index contributed by atoms with van der Waals surface area (Å²) in [5.41, 5.74) is 11.9. The molecule has 0 unspecified atom stereocenters. The van der Waals surface area contributed by atoms with Gasteiger partial charge in [0.15, 0.2) is 5.96 Å². The first-order chi connectivity index (χ1) is 10.6. The highest BCUT2D eigenvalue weighted by Crippen LogP contribution is 2.24. The number of amides is 1. The van der Waals surface area contributed by atoms with Gasteiger partial charge in [0.05, 0.1) is 17.7 Å². The molecule has 6 N–H and O–H groups in total. The molecular weight excluding hydrogens is 320 g/mol. The van der Waals surface area contributed by atoms with Gasteiger partial charge >= 0.3 is 0 Å². The lowest BCUT2D eigenvalue weighted by molar-refractivity contribution is 0.100. The van der Waals surface area contributed by atoms with E-state index < -0.39 is 21.9 Å². The summed E-state index contributed by atoms with van der Waals surface area (Å²) in [6, 6.07) is 2.67. The summed E-state index contributed by atoms with van der Waals surface area (Å²) in [4.78, 5) is 19.2. The Morgan fingerprint density at radius 1 is 1.26 bits per heavy atom. The Kier molecular flexibility index (Phi) is 4.21. The van der Waals surface area contributed by atoms with Crippen LogP contribution in [-0.2, 0) is 10.0 Å². The van der Waals surface area contributed by atoms with Crippen LogP contribution in [0.4, 0.5) is 0 Å². The summed E-state index contributed by atoms with van der Waals surface area (Å²) in [6.07, 6.45) is 3.09. The van der Waals surface area contributed by atoms with Crippen molar-refractivity contribution in [2.24, 2.45) is 21.6 Å². The van der Waals surface area contributed by atoms with Crippen LogP contribution in [0.5, 0.6) is 0 Å². The monoisotopic (exact) mass is 336 g/mol. The third-order valence-electron chi connectivity index (χ3n) is 3.06. The van der Waals surface area contributed by atoms with Crippen LogP contribution in [0.3, 0.4) is 0 Å². The number of carbonyl (C=O) groups excluding carboxylic acids is 1. The predicted molar refractivity (Wildman–Crippen MR) is 84.6 cm³/mol. The predicted octanol–water partition coefficient (Wildman–Crippen LogP) is -0.450. The molecule has 0 aliphatic heterocycles. The Labute approximate surface area is 132 Å². The molecule has 1 aromatic heterocycles. The number of benzene rings is 1. The number of carbonyl (C=O) groups is 1. The molecule has 0 radical (unpaired) electrons. The molecule has 0 bridgehead atoms. The van der Waals surface area contributed by atoms with Crippen LogP contribution in [0, 0.1) is 13.8 Å². The number of hydrogen-bond donors (Lipinski definition) is 3. The van der Waals surface area contributed by atoms with Crippen LogP contribution in [0.25, 0.3) is 5.69 Å². The van der Waals surface area contributed by atoms with Crippen molar-refractivity contribution in [1.29, 1.82) is 0 Å². The van der Waals surface area contributed by atoms with Gasteiger partial charge in [0.1, 0.15) is 4.90 Å². The third kappa shape index (κ3) is 3.55. The molecule has 1 aromatic carbocycles. The van der Waals surface area contributed by atoms with Gasteiger partial charge in [-0.15, -0.1) is 0 Å². The van der Waals surface area contributed by atoms with Crippen LogP contribution in [-0.4, -0.2) is 29.8 Å². The Hall–Kier alpha value is -2.72. The lowest BCUT2D eigenvalue weighted by Gasteiger charge is -2.12. The summed E-state index contributed by atoms with van der Waals surface area (Å²) >= 11 is 0. The second kappa shape index (κ2) is 5.82. The molecule has 10 heteroatoms. The van der Waals surface area contributed by atoms with Gasteiger partial charge in [-0.25, -0.2) is 18.5 Å². The van der Waals surface area contributed by atoms with Gasteiger partial charge in [0.2, 0.25) is 10.0 Å². The Bertz CT molecular complexity index is 910. The smallest absolute Gasteiger partial charge is 0.280 e. The molecule has 0 atom stereocenters. The van der Waals surface area contributed by atoms with Crippen LogP contribution in [0.2, 0.25) is 0 Å².